The molecule has 27 heavy (non-hydrogen) atoms. The van der Waals surface area contributed by atoms with Gasteiger partial charge in [0.25, 0.3) is 0 Å². The van der Waals surface area contributed by atoms with Gasteiger partial charge < -0.3 is 19.7 Å². The molecule has 4 rings (SSSR count). The monoisotopic (exact) mass is 378 g/mol. The summed E-state index contributed by atoms with van der Waals surface area (Å²) in [5.41, 5.74) is 0.660. The first-order valence-corrected chi connectivity index (χ1v) is 8.53. The van der Waals surface area contributed by atoms with Gasteiger partial charge in [-0.3, -0.25) is 0 Å². The van der Waals surface area contributed by atoms with Crippen LogP contribution in [0.25, 0.3) is 0 Å². The lowest BCUT2D eigenvalue weighted by atomic mass is 9.98. The summed E-state index contributed by atoms with van der Waals surface area (Å²) in [6, 6.07) is 9.86. The van der Waals surface area contributed by atoms with Gasteiger partial charge in [-0.25, -0.2) is 4.79 Å². The predicted octanol–water partition coefficient (Wildman–Crippen LogP) is 4.46. The number of amides is 2. The molecule has 0 radical (unpaired) electrons. The third-order valence-corrected chi connectivity index (χ3v) is 4.81. The SMILES string of the molecule is O=C(Nc1ccc(C(F)(F)F)cc1)N1CCC(c2ccc3c(c2)OCO3)C1. The summed E-state index contributed by atoms with van der Waals surface area (Å²) in [5, 5.41) is 2.65. The van der Waals surface area contributed by atoms with Gasteiger partial charge in [0, 0.05) is 24.7 Å². The van der Waals surface area contributed by atoms with Gasteiger partial charge in [0.1, 0.15) is 0 Å². The Kier molecular flexibility index (Phi) is 4.33. The van der Waals surface area contributed by atoms with Gasteiger partial charge in [-0.05, 0) is 48.4 Å². The summed E-state index contributed by atoms with van der Waals surface area (Å²) in [6.07, 6.45) is -3.59. The second-order valence-corrected chi connectivity index (χ2v) is 6.55. The maximum atomic E-state index is 12.6. The molecule has 2 aliphatic rings. The molecule has 2 heterocycles. The minimum atomic E-state index is -4.39. The van der Waals surface area contributed by atoms with Crippen LogP contribution in [0, 0.1) is 0 Å². The van der Waals surface area contributed by atoms with E-state index in [0.29, 0.717) is 30.3 Å². The van der Waals surface area contributed by atoms with Crippen molar-refractivity contribution in [3.63, 3.8) is 0 Å². The first-order chi connectivity index (χ1) is 12.9. The van der Waals surface area contributed by atoms with Crippen LogP contribution in [0.1, 0.15) is 23.5 Å². The molecule has 1 unspecified atom stereocenters. The molecule has 0 aliphatic carbocycles. The molecule has 1 atom stereocenters. The fourth-order valence-electron chi connectivity index (χ4n) is 3.33. The average Bonchev–Trinajstić information content (AvgIpc) is 3.30. The van der Waals surface area contributed by atoms with Crippen LogP contribution in [0.3, 0.4) is 0 Å². The molecule has 2 aliphatic heterocycles. The molecular formula is C19H17F3N2O3. The molecule has 0 aromatic heterocycles. The lowest BCUT2D eigenvalue weighted by Gasteiger charge is -2.18. The van der Waals surface area contributed by atoms with Crippen LogP contribution in [-0.4, -0.2) is 30.8 Å². The van der Waals surface area contributed by atoms with E-state index in [9.17, 15) is 18.0 Å². The minimum Gasteiger partial charge on any atom is -0.454 e. The number of halogens is 3. The third kappa shape index (κ3) is 3.65. The average molecular weight is 378 g/mol. The van der Waals surface area contributed by atoms with Crippen molar-refractivity contribution in [2.24, 2.45) is 0 Å². The Bertz CT molecular complexity index is 852. The zero-order valence-corrected chi connectivity index (χ0v) is 14.3. The van der Waals surface area contributed by atoms with Crippen LogP contribution < -0.4 is 14.8 Å². The lowest BCUT2D eigenvalue weighted by Crippen LogP contribution is -2.32. The number of anilines is 1. The van der Waals surface area contributed by atoms with E-state index in [1.165, 1.54) is 12.1 Å². The highest BCUT2D eigenvalue weighted by Crippen LogP contribution is 2.37. The summed E-state index contributed by atoms with van der Waals surface area (Å²) >= 11 is 0. The standard InChI is InChI=1S/C19H17F3N2O3/c20-19(21,22)14-2-4-15(5-3-14)23-18(25)24-8-7-13(10-24)12-1-6-16-17(9-12)27-11-26-16/h1-6,9,13H,7-8,10-11H2,(H,23,25). The minimum absolute atomic E-state index is 0.179. The van der Waals surface area contributed by atoms with Crippen LogP contribution in [0.4, 0.5) is 23.7 Å². The van der Waals surface area contributed by atoms with E-state index in [4.69, 9.17) is 9.47 Å². The van der Waals surface area contributed by atoms with Gasteiger partial charge >= 0.3 is 12.2 Å². The van der Waals surface area contributed by atoms with Crippen molar-refractivity contribution in [3.05, 3.63) is 53.6 Å². The highest BCUT2D eigenvalue weighted by atomic mass is 19.4. The van der Waals surface area contributed by atoms with Crippen LogP contribution in [0.5, 0.6) is 11.5 Å². The first-order valence-electron chi connectivity index (χ1n) is 8.53. The number of likely N-dealkylation sites (tertiary alicyclic amines) is 1. The van der Waals surface area contributed by atoms with Gasteiger partial charge in [-0.1, -0.05) is 6.07 Å². The number of hydrogen-bond acceptors (Lipinski definition) is 3. The van der Waals surface area contributed by atoms with E-state index in [-0.39, 0.29) is 18.7 Å². The van der Waals surface area contributed by atoms with Crippen molar-refractivity contribution in [3.8, 4) is 11.5 Å². The number of fused-ring (bicyclic) bond motifs is 1. The predicted molar refractivity (Wildman–Crippen MR) is 92.0 cm³/mol. The van der Waals surface area contributed by atoms with E-state index in [2.05, 4.69) is 5.32 Å². The Hall–Kier alpha value is -2.90. The number of benzene rings is 2. The van der Waals surface area contributed by atoms with Crippen molar-refractivity contribution in [1.82, 2.24) is 4.90 Å². The van der Waals surface area contributed by atoms with Crippen molar-refractivity contribution >= 4 is 11.7 Å². The number of nitrogens with one attached hydrogen (secondary N) is 1. The molecular weight excluding hydrogens is 361 g/mol. The molecule has 2 aromatic rings. The van der Waals surface area contributed by atoms with Crippen molar-refractivity contribution in [1.29, 1.82) is 0 Å². The number of urea groups is 1. The summed E-state index contributed by atoms with van der Waals surface area (Å²) in [7, 11) is 0. The Morgan fingerprint density at radius 2 is 1.81 bits per heavy atom. The number of nitrogens with zero attached hydrogens (tertiary/aromatic N) is 1. The molecule has 0 bridgehead atoms. The largest absolute Gasteiger partial charge is 0.454 e. The highest BCUT2D eigenvalue weighted by Gasteiger charge is 2.31. The zero-order chi connectivity index (χ0) is 19.0. The molecule has 2 amide bonds. The van der Waals surface area contributed by atoms with Crippen LogP contribution in [0.15, 0.2) is 42.5 Å². The third-order valence-electron chi connectivity index (χ3n) is 4.81. The van der Waals surface area contributed by atoms with E-state index in [1.807, 2.05) is 18.2 Å². The Morgan fingerprint density at radius 3 is 2.56 bits per heavy atom. The molecule has 8 heteroatoms. The van der Waals surface area contributed by atoms with E-state index in [0.717, 1.165) is 24.1 Å². The maximum Gasteiger partial charge on any atom is 0.416 e. The van der Waals surface area contributed by atoms with Gasteiger partial charge in [-0.2, -0.15) is 13.2 Å². The molecule has 1 fully saturated rings. The topological polar surface area (TPSA) is 50.8 Å². The molecule has 1 saturated heterocycles. The van der Waals surface area contributed by atoms with E-state index in [1.54, 1.807) is 4.90 Å². The summed E-state index contributed by atoms with van der Waals surface area (Å²) in [4.78, 5) is 14.1. The smallest absolute Gasteiger partial charge is 0.416 e. The normalized spacial score (nSPS) is 18.6. The molecule has 0 saturated carbocycles. The Labute approximate surface area is 153 Å². The van der Waals surface area contributed by atoms with Gasteiger partial charge in [0.05, 0.1) is 5.56 Å². The fraction of sp³-hybridized carbons (Fsp3) is 0.316. The van der Waals surface area contributed by atoms with E-state index < -0.39 is 11.7 Å². The number of alkyl halides is 3. The van der Waals surface area contributed by atoms with Crippen LogP contribution in [0.2, 0.25) is 0 Å². The lowest BCUT2D eigenvalue weighted by molar-refractivity contribution is -0.137. The van der Waals surface area contributed by atoms with Crippen molar-refractivity contribution in [2.75, 3.05) is 25.2 Å². The first kappa shape index (κ1) is 17.5. The number of ether oxygens (including phenoxy) is 2. The number of carbonyl (C=O) groups is 1. The second-order valence-electron chi connectivity index (χ2n) is 6.55. The molecule has 2 aromatic carbocycles. The van der Waals surface area contributed by atoms with Gasteiger partial charge in [-0.15, -0.1) is 0 Å². The zero-order valence-electron chi connectivity index (χ0n) is 14.3. The van der Waals surface area contributed by atoms with E-state index >= 15 is 0 Å². The maximum absolute atomic E-state index is 12.6. The number of hydrogen-bond donors (Lipinski definition) is 1. The molecule has 0 spiro atoms. The number of rotatable bonds is 2. The molecule has 142 valence electrons. The fourth-order valence-corrected chi connectivity index (χ4v) is 3.33. The van der Waals surface area contributed by atoms with Crippen LogP contribution in [-0.2, 0) is 6.18 Å². The van der Waals surface area contributed by atoms with Crippen molar-refractivity contribution < 1.29 is 27.4 Å². The summed E-state index contributed by atoms with van der Waals surface area (Å²) in [5.74, 6) is 1.60. The highest BCUT2D eigenvalue weighted by molar-refractivity contribution is 5.89. The quantitative estimate of drug-likeness (QED) is 0.840. The van der Waals surface area contributed by atoms with Gasteiger partial charge in [0.2, 0.25) is 6.79 Å². The molecule has 1 N–H and O–H groups in total. The molecule has 5 nitrogen and oxygen atoms in total. The summed E-state index contributed by atoms with van der Waals surface area (Å²) < 4.78 is 48.5. The summed E-state index contributed by atoms with van der Waals surface area (Å²) in [6.45, 7) is 1.32. The van der Waals surface area contributed by atoms with Gasteiger partial charge in [0.15, 0.2) is 11.5 Å². The van der Waals surface area contributed by atoms with Crippen LogP contribution >= 0.6 is 0 Å². The Morgan fingerprint density at radius 1 is 1.07 bits per heavy atom. The second kappa shape index (κ2) is 6.68. The Balaban J connectivity index is 1.38. The van der Waals surface area contributed by atoms with Crippen molar-refractivity contribution in [2.45, 2.75) is 18.5 Å². The number of carbonyl (C=O) groups excluding carboxylic acids is 1.